The molecule has 0 bridgehead atoms. The number of hydrogen-bond acceptors (Lipinski definition) is 4. The first kappa shape index (κ1) is 17.8. The van der Waals surface area contributed by atoms with E-state index in [1.54, 1.807) is 17.2 Å². The van der Waals surface area contributed by atoms with E-state index in [0.29, 0.717) is 42.2 Å². The maximum atomic E-state index is 14.3. The molecule has 3 heterocycles. The summed E-state index contributed by atoms with van der Waals surface area (Å²) in [6, 6.07) is 8.16. The summed E-state index contributed by atoms with van der Waals surface area (Å²) in [6.45, 7) is 1.69. The predicted molar refractivity (Wildman–Crippen MR) is 101 cm³/mol. The molecule has 2 aromatic heterocycles. The Morgan fingerprint density at radius 3 is 2.89 bits per heavy atom. The van der Waals surface area contributed by atoms with Gasteiger partial charge in [-0.15, -0.1) is 0 Å². The van der Waals surface area contributed by atoms with E-state index in [1.165, 1.54) is 6.07 Å². The van der Waals surface area contributed by atoms with Crippen molar-refractivity contribution >= 4 is 17.9 Å². The van der Waals surface area contributed by atoms with E-state index in [4.69, 9.17) is 12.2 Å². The Morgan fingerprint density at radius 2 is 2.07 bits per heavy atom. The Bertz CT molecular complexity index is 999. The molecule has 0 N–H and O–H groups in total. The number of aromatic nitrogens is 4. The molecule has 8 heteroatoms. The maximum absolute atomic E-state index is 14.3. The lowest BCUT2D eigenvalue weighted by Crippen LogP contribution is -2.33. The number of hydrogen-bond donors (Lipinski definition) is 0. The molecule has 0 aliphatic carbocycles. The fourth-order valence-corrected chi connectivity index (χ4v) is 3.69. The van der Waals surface area contributed by atoms with Crippen molar-refractivity contribution in [2.45, 2.75) is 32.5 Å². The monoisotopic (exact) mass is 387 g/mol. The minimum absolute atomic E-state index is 0.338. The van der Waals surface area contributed by atoms with Gasteiger partial charge >= 0.3 is 0 Å². The molecule has 0 amide bonds. The van der Waals surface area contributed by atoms with Crippen LogP contribution in [0, 0.1) is 16.4 Å². The zero-order valence-electron chi connectivity index (χ0n) is 14.7. The summed E-state index contributed by atoms with van der Waals surface area (Å²) in [4.78, 5) is 6.19. The summed E-state index contributed by atoms with van der Waals surface area (Å²) in [6.07, 6.45) is 5.72. The largest absolute Gasteiger partial charge is 0.349 e. The van der Waals surface area contributed by atoms with Gasteiger partial charge in [-0.05, 0) is 48.8 Å². The van der Waals surface area contributed by atoms with Crippen LogP contribution in [-0.4, -0.2) is 25.9 Å². The fourth-order valence-electron chi connectivity index (χ4n) is 3.44. The number of aryl methyl sites for hydroxylation is 3. The normalized spacial score (nSPS) is 13.6. The van der Waals surface area contributed by atoms with Crippen LogP contribution in [0.5, 0.6) is 0 Å². The Balaban J connectivity index is 1.52. The average molecular weight is 387 g/mol. The summed E-state index contributed by atoms with van der Waals surface area (Å²) in [5, 5.41) is 4.36. The van der Waals surface area contributed by atoms with Gasteiger partial charge in [0.15, 0.2) is 4.77 Å². The summed E-state index contributed by atoms with van der Waals surface area (Å²) >= 11 is 5.52. The molecule has 0 saturated carbocycles. The highest BCUT2D eigenvalue weighted by Gasteiger charge is 2.22. The van der Waals surface area contributed by atoms with Gasteiger partial charge in [-0.3, -0.25) is 4.98 Å². The third-order valence-electron chi connectivity index (χ3n) is 4.73. The molecule has 3 aromatic rings. The van der Waals surface area contributed by atoms with Gasteiger partial charge in [0.05, 0.1) is 5.69 Å². The number of benzene rings is 1. The number of pyridine rings is 1. The van der Waals surface area contributed by atoms with Gasteiger partial charge in [-0.2, -0.15) is 5.10 Å². The Kier molecular flexibility index (Phi) is 4.98. The second kappa shape index (κ2) is 7.56. The van der Waals surface area contributed by atoms with Crippen LogP contribution in [0.4, 0.5) is 14.5 Å². The zero-order valence-corrected chi connectivity index (χ0v) is 15.5. The molecule has 0 saturated heterocycles. The van der Waals surface area contributed by atoms with Crippen molar-refractivity contribution in [3.63, 3.8) is 0 Å². The highest BCUT2D eigenvalue weighted by molar-refractivity contribution is 7.71. The zero-order chi connectivity index (χ0) is 18.8. The lowest BCUT2D eigenvalue weighted by atomic mass is 10.0. The van der Waals surface area contributed by atoms with Gasteiger partial charge in [0.25, 0.3) is 0 Å². The average Bonchev–Trinajstić information content (AvgIpc) is 3.00. The van der Waals surface area contributed by atoms with Crippen LogP contribution in [0.15, 0.2) is 42.9 Å². The maximum Gasteiger partial charge on any atom is 0.199 e. The summed E-state index contributed by atoms with van der Waals surface area (Å²) in [7, 11) is 0. The highest BCUT2D eigenvalue weighted by atomic mass is 32.1. The number of halogens is 2. The van der Waals surface area contributed by atoms with Gasteiger partial charge < -0.3 is 9.47 Å². The molecule has 0 spiro atoms. The third-order valence-corrected chi connectivity index (χ3v) is 5.18. The molecule has 0 fully saturated rings. The molecule has 0 atom stereocenters. The van der Waals surface area contributed by atoms with E-state index in [9.17, 15) is 8.78 Å². The molecule has 27 heavy (non-hydrogen) atoms. The number of rotatable bonds is 5. The van der Waals surface area contributed by atoms with E-state index in [1.807, 2.05) is 27.7 Å². The van der Waals surface area contributed by atoms with Crippen LogP contribution in [0.2, 0.25) is 0 Å². The SMILES string of the molecule is Fc1cc(F)c2c(c1)CCCN2Cn1ncn(CCc2ccccn2)c1=S. The van der Waals surface area contributed by atoms with Gasteiger partial charge in [0.1, 0.15) is 24.6 Å². The van der Waals surface area contributed by atoms with Gasteiger partial charge in [-0.25, -0.2) is 13.5 Å². The molecule has 5 nitrogen and oxygen atoms in total. The van der Waals surface area contributed by atoms with Crippen molar-refractivity contribution in [3.05, 3.63) is 70.5 Å². The number of fused-ring (bicyclic) bond motifs is 1. The molecule has 1 aromatic carbocycles. The van der Waals surface area contributed by atoms with E-state index in [0.717, 1.165) is 24.6 Å². The van der Waals surface area contributed by atoms with Crippen LogP contribution in [-0.2, 0) is 26.1 Å². The van der Waals surface area contributed by atoms with E-state index in [2.05, 4.69) is 10.1 Å². The number of nitrogens with zero attached hydrogens (tertiary/aromatic N) is 5. The van der Waals surface area contributed by atoms with Crippen molar-refractivity contribution in [2.75, 3.05) is 11.4 Å². The van der Waals surface area contributed by atoms with Crippen molar-refractivity contribution < 1.29 is 8.78 Å². The molecule has 0 radical (unpaired) electrons. The van der Waals surface area contributed by atoms with E-state index >= 15 is 0 Å². The van der Waals surface area contributed by atoms with Crippen molar-refractivity contribution in [1.82, 2.24) is 19.3 Å². The smallest absolute Gasteiger partial charge is 0.199 e. The predicted octanol–water partition coefficient (Wildman–Crippen LogP) is 3.74. The summed E-state index contributed by atoms with van der Waals surface area (Å²) in [5.41, 5.74) is 2.13. The lowest BCUT2D eigenvalue weighted by molar-refractivity contribution is 0.514. The Morgan fingerprint density at radius 1 is 1.19 bits per heavy atom. The van der Waals surface area contributed by atoms with Crippen LogP contribution < -0.4 is 4.90 Å². The second-order valence-electron chi connectivity index (χ2n) is 6.58. The molecular formula is C19H19F2N5S. The molecule has 1 aliphatic rings. The number of anilines is 1. The van der Waals surface area contributed by atoms with Crippen molar-refractivity contribution in [3.8, 4) is 0 Å². The summed E-state index contributed by atoms with van der Waals surface area (Å²) < 4.78 is 32.0. The van der Waals surface area contributed by atoms with Gasteiger partial charge in [0.2, 0.25) is 0 Å². The minimum Gasteiger partial charge on any atom is -0.349 e. The summed E-state index contributed by atoms with van der Waals surface area (Å²) in [5.74, 6) is -1.07. The van der Waals surface area contributed by atoms with Crippen LogP contribution in [0.25, 0.3) is 0 Å². The first-order chi connectivity index (χ1) is 13.1. The Hall–Kier alpha value is -2.61. The first-order valence-electron chi connectivity index (χ1n) is 8.87. The first-order valence-corrected chi connectivity index (χ1v) is 9.27. The van der Waals surface area contributed by atoms with Gasteiger partial charge in [0, 0.05) is 37.5 Å². The fraction of sp³-hybridized carbons (Fsp3) is 0.316. The van der Waals surface area contributed by atoms with Crippen LogP contribution in [0.3, 0.4) is 0 Å². The second-order valence-corrected chi connectivity index (χ2v) is 6.95. The minimum atomic E-state index is -0.538. The molecule has 1 aliphatic heterocycles. The topological polar surface area (TPSA) is 38.9 Å². The van der Waals surface area contributed by atoms with Gasteiger partial charge in [-0.1, -0.05) is 6.07 Å². The van der Waals surface area contributed by atoms with E-state index < -0.39 is 11.6 Å². The molecule has 4 rings (SSSR count). The van der Waals surface area contributed by atoms with E-state index in [-0.39, 0.29) is 0 Å². The highest BCUT2D eigenvalue weighted by Crippen LogP contribution is 2.31. The van der Waals surface area contributed by atoms with Crippen LogP contribution >= 0.6 is 12.2 Å². The third kappa shape index (κ3) is 3.75. The Labute approximate surface area is 160 Å². The standard InChI is InChI=1S/C19H19F2N5S/c20-15-10-14-4-3-8-25(18(14)17(21)11-15)13-26-19(27)24(12-23-26)9-6-16-5-1-2-7-22-16/h1-2,5,7,10-12H,3-4,6,8-9,13H2. The molecular weight excluding hydrogens is 368 g/mol. The van der Waals surface area contributed by atoms with Crippen LogP contribution in [0.1, 0.15) is 17.7 Å². The quantitative estimate of drug-likeness (QED) is 0.625. The molecule has 0 unspecified atom stereocenters. The van der Waals surface area contributed by atoms with Crippen molar-refractivity contribution in [2.24, 2.45) is 0 Å². The lowest BCUT2D eigenvalue weighted by Gasteiger charge is -2.31. The van der Waals surface area contributed by atoms with Crippen molar-refractivity contribution in [1.29, 1.82) is 0 Å². The molecule has 140 valence electrons.